The average Bonchev–Trinajstić information content (AvgIpc) is 2.62. The van der Waals surface area contributed by atoms with E-state index in [9.17, 15) is 9.18 Å². The van der Waals surface area contributed by atoms with Gasteiger partial charge >= 0.3 is 0 Å². The Bertz CT molecular complexity index is 815. The molecule has 0 radical (unpaired) electrons. The number of ether oxygens (including phenoxy) is 2. The lowest BCUT2D eigenvalue weighted by Gasteiger charge is -2.26. The summed E-state index contributed by atoms with van der Waals surface area (Å²) in [7, 11) is 3.09. The number of methoxy groups -OCH3 is 2. The molecule has 1 N–H and O–H groups in total. The third-order valence-electron chi connectivity index (χ3n) is 4.05. The largest absolute Gasteiger partial charge is 0.493 e. The minimum absolute atomic E-state index is 0.205. The summed E-state index contributed by atoms with van der Waals surface area (Å²) in [6.45, 7) is 0. The summed E-state index contributed by atoms with van der Waals surface area (Å²) in [5, 5.41) is 3.03. The second-order valence-corrected chi connectivity index (χ2v) is 7.78. The van der Waals surface area contributed by atoms with Gasteiger partial charge in [-0.1, -0.05) is 12.1 Å². The maximum absolute atomic E-state index is 14.0. The molecule has 0 bridgehead atoms. The van der Waals surface area contributed by atoms with Gasteiger partial charge in [-0.2, -0.15) is 0 Å². The number of rotatable bonds is 4. The van der Waals surface area contributed by atoms with Crippen LogP contribution < -0.4 is 14.8 Å². The van der Waals surface area contributed by atoms with Crippen molar-refractivity contribution in [1.82, 2.24) is 5.32 Å². The average molecular weight is 473 g/mol. The first-order chi connectivity index (χ1) is 12.0. The second kappa shape index (κ2) is 7.82. The molecule has 1 heterocycles. The van der Waals surface area contributed by atoms with E-state index in [1.54, 1.807) is 25.3 Å². The lowest BCUT2D eigenvalue weighted by molar-refractivity contribution is 0.0933. The van der Waals surface area contributed by atoms with Gasteiger partial charge in [-0.25, -0.2) is 4.39 Å². The van der Waals surface area contributed by atoms with Crippen LogP contribution >= 0.6 is 34.4 Å². The number of hydrogen-bond donors (Lipinski definition) is 1. The highest BCUT2D eigenvalue weighted by Gasteiger charge is 2.26. The van der Waals surface area contributed by atoms with Gasteiger partial charge in [-0.15, -0.1) is 11.8 Å². The van der Waals surface area contributed by atoms with Gasteiger partial charge in [0.2, 0.25) is 0 Å². The molecule has 3 rings (SSSR count). The van der Waals surface area contributed by atoms with Crippen LogP contribution in [-0.2, 0) is 0 Å². The molecule has 1 unspecified atom stereocenters. The van der Waals surface area contributed by atoms with Crippen LogP contribution in [0.3, 0.4) is 0 Å². The Morgan fingerprint density at radius 3 is 2.72 bits per heavy atom. The molecule has 2 aromatic rings. The van der Waals surface area contributed by atoms with Crippen LogP contribution in [0.4, 0.5) is 4.39 Å². The summed E-state index contributed by atoms with van der Waals surface area (Å²) in [6, 6.07) is 8.23. The van der Waals surface area contributed by atoms with Gasteiger partial charge in [0.1, 0.15) is 5.82 Å². The number of carbonyl (C=O) groups excluding carboxylic acids is 1. The highest BCUT2D eigenvalue weighted by molar-refractivity contribution is 14.1. The number of halogens is 2. The Labute approximate surface area is 163 Å². The first kappa shape index (κ1) is 18.3. The van der Waals surface area contributed by atoms with Gasteiger partial charge in [0.05, 0.1) is 25.8 Å². The topological polar surface area (TPSA) is 47.6 Å². The van der Waals surface area contributed by atoms with Gasteiger partial charge in [0.25, 0.3) is 5.91 Å². The molecule has 0 aromatic heterocycles. The predicted molar refractivity (Wildman–Crippen MR) is 104 cm³/mol. The van der Waals surface area contributed by atoms with Crippen LogP contribution in [0.25, 0.3) is 0 Å². The molecule has 1 aliphatic heterocycles. The number of benzene rings is 2. The highest BCUT2D eigenvalue weighted by atomic mass is 127. The molecule has 0 spiro atoms. The maximum Gasteiger partial charge on any atom is 0.252 e. The number of nitrogens with one attached hydrogen (secondary N) is 1. The number of thioether (sulfide) groups is 1. The molecule has 1 atom stereocenters. The van der Waals surface area contributed by atoms with Gasteiger partial charge in [0, 0.05) is 14.2 Å². The lowest BCUT2D eigenvalue weighted by atomic mass is 10.0. The number of amides is 1. The zero-order valence-electron chi connectivity index (χ0n) is 13.8. The molecule has 4 nitrogen and oxygen atoms in total. The molecule has 132 valence electrons. The third-order valence-corrected chi connectivity index (χ3v) is 6.10. The highest BCUT2D eigenvalue weighted by Crippen LogP contribution is 2.38. The van der Waals surface area contributed by atoms with E-state index < -0.39 is 0 Å². The molecule has 2 aromatic carbocycles. The normalized spacial score (nSPS) is 16.1. The van der Waals surface area contributed by atoms with E-state index in [0.29, 0.717) is 22.0 Å². The molecule has 1 aliphatic rings. The van der Waals surface area contributed by atoms with Crippen LogP contribution in [0.2, 0.25) is 0 Å². The van der Waals surface area contributed by atoms with E-state index in [4.69, 9.17) is 9.47 Å². The molecule has 7 heteroatoms. The smallest absolute Gasteiger partial charge is 0.252 e. The van der Waals surface area contributed by atoms with Crippen molar-refractivity contribution >= 4 is 40.3 Å². The Morgan fingerprint density at radius 1 is 1.28 bits per heavy atom. The van der Waals surface area contributed by atoms with E-state index >= 15 is 0 Å². The SMILES string of the molecule is COc1cc(I)c(C(=O)NC2CCSc3c(F)cccc32)cc1OC. The Kier molecular flexibility index (Phi) is 5.73. The number of carbonyl (C=O) groups is 1. The molecular formula is C18H17FINO3S. The van der Waals surface area contributed by atoms with E-state index in [0.717, 1.165) is 21.3 Å². The zero-order chi connectivity index (χ0) is 18.0. The van der Waals surface area contributed by atoms with Crippen molar-refractivity contribution in [3.05, 3.63) is 50.8 Å². The Morgan fingerprint density at radius 2 is 2.00 bits per heavy atom. The van der Waals surface area contributed by atoms with E-state index in [1.807, 2.05) is 6.07 Å². The molecule has 0 saturated carbocycles. The third kappa shape index (κ3) is 3.72. The molecule has 1 amide bonds. The van der Waals surface area contributed by atoms with Crippen LogP contribution in [0.15, 0.2) is 35.2 Å². The fourth-order valence-corrected chi connectivity index (χ4v) is 4.62. The quantitative estimate of drug-likeness (QED) is 0.669. The molecule has 0 fully saturated rings. The second-order valence-electron chi connectivity index (χ2n) is 5.51. The monoisotopic (exact) mass is 473 g/mol. The van der Waals surface area contributed by atoms with Crippen molar-refractivity contribution in [1.29, 1.82) is 0 Å². The van der Waals surface area contributed by atoms with Crippen LogP contribution in [0.1, 0.15) is 28.4 Å². The minimum atomic E-state index is -0.234. The van der Waals surface area contributed by atoms with Crippen LogP contribution in [0, 0.1) is 9.39 Å². The first-order valence-electron chi connectivity index (χ1n) is 7.68. The molecule has 0 saturated heterocycles. The number of fused-ring (bicyclic) bond motifs is 1. The lowest BCUT2D eigenvalue weighted by Crippen LogP contribution is -2.31. The fourth-order valence-electron chi connectivity index (χ4n) is 2.80. The standard InChI is InChI=1S/C18H17FINO3S/c1-23-15-8-11(13(20)9-16(15)24-2)18(22)21-14-6-7-25-17-10(14)4-3-5-12(17)19/h3-5,8-9,14H,6-7H2,1-2H3,(H,21,22). The summed E-state index contributed by atoms with van der Waals surface area (Å²) in [5.41, 5.74) is 1.34. The molecular weight excluding hydrogens is 456 g/mol. The van der Waals surface area contributed by atoms with Gasteiger partial charge in [-0.05, 0) is 52.8 Å². The zero-order valence-corrected chi connectivity index (χ0v) is 16.7. The van der Waals surface area contributed by atoms with E-state index in [-0.39, 0.29) is 17.8 Å². The van der Waals surface area contributed by atoms with Crippen molar-refractivity contribution < 1.29 is 18.7 Å². The van der Waals surface area contributed by atoms with Crippen molar-refractivity contribution in [2.24, 2.45) is 0 Å². The van der Waals surface area contributed by atoms with Crippen LogP contribution in [-0.4, -0.2) is 25.9 Å². The van der Waals surface area contributed by atoms with E-state index in [1.165, 1.54) is 24.9 Å². The molecule has 25 heavy (non-hydrogen) atoms. The predicted octanol–water partition coefficient (Wildman–Crippen LogP) is 4.41. The summed E-state index contributed by atoms with van der Waals surface area (Å²) in [5.74, 6) is 1.39. The summed E-state index contributed by atoms with van der Waals surface area (Å²) in [6.07, 6.45) is 0.761. The van der Waals surface area contributed by atoms with Crippen molar-refractivity contribution in [3.8, 4) is 11.5 Å². The number of hydrogen-bond acceptors (Lipinski definition) is 4. The van der Waals surface area contributed by atoms with Gasteiger partial charge in [-0.3, -0.25) is 4.79 Å². The van der Waals surface area contributed by atoms with E-state index in [2.05, 4.69) is 27.9 Å². The summed E-state index contributed by atoms with van der Waals surface area (Å²) >= 11 is 3.59. The summed E-state index contributed by atoms with van der Waals surface area (Å²) < 4.78 is 25.3. The maximum atomic E-state index is 14.0. The minimum Gasteiger partial charge on any atom is -0.493 e. The van der Waals surface area contributed by atoms with Crippen LogP contribution in [0.5, 0.6) is 11.5 Å². The molecule has 0 aliphatic carbocycles. The Hall–Kier alpha value is -1.48. The van der Waals surface area contributed by atoms with Gasteiger partial charge < -0.3 is 14.8 Å². The van der Waals surface area contributed by atoms with Gasteiger partial charge in [0.15, 0.2) is 11.5 Å². The Balaban J connectivity index is 1.88. The van der Waals surface area contributed by atoms with Crippen molar-refractivity contribution in [3.63, 3.8) is 0 Å². The first-order valence-corrected chi connectivity index (χ1v) is 9.75. The van der Waals surface area contributed by atoms with Crippen molar-refractivity contribution in [2.75, 3.05) is 20.0 Å². The summed E-state index contributed by atoms with van der Waals surface area (Å²) in [4.78, 5) is 13.4. The fraction of sp³-hybridized carbons (Fsp3) is 0.278. The van der Waals surface area contributed by atoms with Crippen molar-refractivity contribution in [2.45, 2.75) is 17.4 Å².